The van der Waals surface area contributed by atoms with Crippen LogP contribution in [-0.4, -0.2) is 23.9 Å². The van der Waals surface area contributed by atoms with Crippen LogP contribution in [0.5, 0.6) is 0 Å². The molecule has 0 spiro atoms. The SMILES string of the molecule is CC(=O)N1CC(C)C[C@@H](C)C1. The molecule has 0 aliphatic carbocycles. The van der Waals surface area contributed by atoms with Crippen LogP contribution >= 0.6 is 0 Å². The lowest BCUT2D eigenvalue weighted by Gasteiger charge is -2.34. The van der Waals surface area contributed by atoms with Gasteiger partial charge in [-0.05, 0) is 18.3 Å². The second-order valence-corrected chi connectivity index (χ2v) is 3.87. The summed E-state index contributed by atoms with van der Waals surface area (Å²) in [5, 5.41) is 0. The molecule has 0 saturated carbocycles. The zero-order valence-electron chi connectivity index (χ0n) is 7.63. The molecule has 1 fully saturated rings. The summed E-state index contributed by atoms with van der Waals surface area (Å²) in [6, 6.07) is 0. The van der Waals surface area contributed by atoms with Crippen LogP contribution in [0.3, 0.4) is 0 Å². The average Bonchev–Trinajstić information content (AvgIpc) is 1.85. The van der Waals surface area contributed by atoms with Gasteiger partial charge in [0.05, 0.1) is 0 Å². The van der Waals surface area contributed by atoms with Crippen molar-refractivity contribution >= 4 is 5.91 Å². The van der Waals surface area contributed by atoms with Gasteiger partial charge in [-0.3, -0.25) is 4.79 Å². The Morgan fingerprint density at radius 2 is 1.73 bits per heavy atom. The molecule has 0 radical (unpaired) electrons. The predicted molar refractivity (Wildman–Crippen MR) is 45.2 cm³/mol. The third kappa shape index (κ3) is 2.21. The monoisotopic (exact) mass is 155 g/mol. The lowest BCUT2D eigenvalue weighted by atomic mass is 9.92. The van der Waals surface area contributed by atoms with Gasteiger partial charge in [-0.25, -0.2) is 0 Å². The maximum atomic E-state index is 11.0. The third-order valence-electron chi connectivity index (χ3n) is 2.31. The first kappa shape index (κ1) is 8.57. The Morgan fingerprint density at radius 1 is 1.27 bits per heavy atom. The van der Waals surface area contributed by atoms with Crippen molar-refractivity contribution in [2.75, 3.05) is 13.1 Å². The van der Waals surface area contributed by atoms with E-state index < -0.39 is 0 Å². The second-order valence-electron chi connectivity index (χ2n) is 3.87. The van der Waals surface area contributed by atoms with Crippen molar-refractivity contribution in [3.63, 3.8) is 0 Å². The maximum absolute atomic E-state index is 11.0. The van der Waals surface area contributed by atoms with E-state index in [1.807, 2.05) is 4.90 Å². The van der Waals surface area contributed by atoms with Gasteiger partial charge in [-0.15, -0.1) is 0 Å². The molecular weight excluding hydrogens is 138 g/mol. The molecule has 0 aromatic carbocycles. The summed E-state index contributed by atoms with van der Waals surface area (Å²) in [6.07, 6.45) is 1.27. The van der Waals surface area contributed by atoms with Gasteiger partial charge in [0, 0.05) is 20.0 Å². The van der Waals surface area contributed by atoms with Crippen LogP contribution in [0.1, 0.15) is 27.2 Å². The zero-order chi connectivity index (χ0) is 8.43. The highest BCUT2D eigenvalue weighted by Gasteiger charge is 2.22. The Bertz CT molecular complexity index is 146. The highest BCUT2D eigenvalue weighted by molar-refractivity contribution is 5.73. The summed E-state index contributed by atoms with van der Waals surface area (Å²) in [4.78, 5) is 13.0. The van der Waals surface area contributed by atoms with Crippen molar-refractivity contribution in [3.05, 3.63) is 0 Å². The molecule has 1 aliphatic rings. The van der Waals surface area contributed by atoms with Crippen molar-refractivity contribution in [1.82, 2.24) is 4.90 Å². The largest absolute Gasteiger partial charge is 0.342 e. The Labute approximate surface area is 68.6 Å². The van der Waals surface area contributed by atoms with Crippen LogP contribution < -0.4 is 0 Å². The molecule has 1 saturated heterocycles. The summed E-state index contributed by atoms with van der Waals surface area (Å²) >= 11 is 0. The fraction of sp³-hybridized carbons (Fsp3) is 0.889. The van der Waals surface area contributed by atoms with Gasteiger partial charge in [0.15, 0.2) is 0 Å². The molecule has 1 heterocycles. The summed E-state index contributed by atoms with van der Waals surface area (Å²) in [5.41, 5.74) is 0. The molecular formula is C9H17NO. The zero-order valence-corrected chi connectivity index (χ0v) is 7.63. The normalized spacial score (nSPS) is 32.1. The van der Waals surface area contributed by atoms with Crippen molar-refractivity contribution < 1.29 is 4.79 Å². The summed E-state index contributed by atoms with van der Waals surface area (Å²) in [7, 11) is 0. The predicted octanol–water partition coefficient (Wildman–Crippen LogP) is 1.51. The first-order chi connectivity index (χ1) is 5.09. The van der Waals surface area contributed by atoms with E-state index in [2.05, 4.69) is 13.8 Å². The number of hydrogen-bond donors (Lipinski definition) is 0. The molecule has 0 N–H and O–H groups in total. The van der Waals surface area contributed by atoms with Crippen molar-refractivity contribution in [2.24, 2.45) is 11.8 Å². The minimum atomic E-state index is 0.225. The molecule has 1 rings (SSSR count). The number of likely N-dealkylation sites (tertiary alicyclic amines) is 1. The Hall–Kier alpha value is -0.530. The Morgan fingerprint density at radius 3 is 2.09 bits per heavy atom. The van der Waals surface area contributed by atoms with Crippen LogP contribution in [0.2, 0.25) is 0 Å². The fourth-order valence-electron chi connectivity index (χ4n) is 1.92. The van der Waals surface area contributed by atoms with Crippen LogP contribution in [0, 0.1) is 11.8 Å². The van der Waals surface area contributed by atoms with E-state index in [1.54, 1.807) is 6.92 Å². The van der Waals surface area contributed by atoms with Crippen LogP contribution in [0.15, 0.2) is 0 Å². The van der Waals surface area contributed by atoms with Gasteiger partial charge in [0.25, 0.3) is 0 Å². The molecule has 2 heteroatoms. The van der Waals surface area contributed by atoms with E-state index in [0.29, 0.717) is 11.8 Å². The molecule has 1 amide bonds. The standard InChI is InChI=1S/C9H17NO/c1-7-4-8(2)6-10(5-7)9(3)11/h7-8H,4-6H2,1-3H3/t7-,8?/m1/s1. The van der Waals surface area contributed by atoms with Crippen LogP contribution in [0.4, 0.5) is 0 Å². The number of amides is 1. The molecule has 1 unspecified atom stereocenters. The first-order valence-corrected chi connectivity index (χ1v) is 4.35. The number of carbonyl (C=O) groups excluding carboxylic acids is 1. The Kier molecular flexibility index (Phi) is 2.53. The van der Waals surface area contributed by atoms with Crippen molar-refractivity contribution in [3.8, 4) is 0 Å². The molecule has 0 aromatic rings. The first-order valence-electron chi connectivity index (χ1n) is 4.35. The lowest BCUT2D eigenvalue weighted by molar-refractivity contribution is -0.131. The smallest absolute Gasteiger partial charge is 0.219 e. The number of piperidine rings is 1. The minimum absolute atomic E-state index is 0.225. The molecule has 2 nitrogen and oxygen atoms in total. The summed E-state index contributed by atoms with van der Waals surface area (Å²) < 4.78 is 0. The van der Waals surface area contributed by atoms with Gasteiger partial charge in [0.1, 0.15) is 0 Å². The number of hydrogen-bond acceptors (Lipinski definition) is 1. The van der Waals surface area contributed by atoms with E-state index in [0.717, 1.165) is 13.1 Å². The number of nitrogens with zero attached hydrogens (tertiary/aromatic N) is 1. The van der Waals surface area contributed by atoms with Crippen molar-refractivity contribution in [1.29, 1.82) is 0 Å². The molecule has 0 bridgehead atoms. The maximum Gasteiger partial charge on any atom is 0.219 e. The minimum Gasteiger partial charge on any atom is -0.342 e. The third-order valence-corrected chi connectivity index (χ3v) is 2.31. The molecule has 2 atom stereocenters. The topological polar surface area (TPSA) is 20.3 Å². The molecule has 0 aromatic heterocycles. The fourth-order valence-corrected chi connectivity index (χ4v) is 1.92. The van der Waals surface area contributed by atoms with E-state index in [1.165, 1.54) is 6.42 Å². The van der Waals surface area contributed by atoms with Gasteiger partial charge >= 0.3 is 0 Å². The highest BCUT2D eigenvalue weighted by Crippen LogP contribution is 2.20. The highest BCUT2D eigenvalue weighted by atomic mass is 16.2. The molecule has 1 aliphatic heterocycles. The summed E-state index contributed by atoms with van der Waals surface area (Å²) in [6.45, 7) is 8.00. The molecule has 11 heavy (non-hydrogen) atoms. The quantitative estimate of drug-likeness (QED) is 0.519. The van der Waals surface area contributed by atoms with E-state index >= 15 is 0 Å². The number of carbonyl (C=O) groups is 1. The average molecular weight is 155 g/mol. The van der Waals surface area contributed by atoms with E-state index in [4.69, 9.17) is 0 Å². The van der Waals surface area contributed by atoms with Gasteiger partial charge in [-0.1, -0.05) is 13.8 Å². The van der Waals surface area contributed by atoms with Crippen LogP contribution in [0.25, 0.3) is 0 Å². The van der Waals surface area contributed by atoms with Crippen LogP contribution in [-0.2, 0) is 4.79 Å². The number of rotatable bonds is 0. The molecule has 64 valence electrons. The van der Waals surface area contributed by atoms with E-state index in [9.17, 15) is 4.79 Å². The van der Waals surface area contributed by atoms with Gasteiger partial charge in [0.2, 0.25) is 5.91 Å². The van der Waals surface area contributed by atoms with Gasteiger partial charge in [-0.2, -0.15) is 0 Å². The van der Waals surface area contributed by atoms with Crippen molar-refractivity contribution in [2.45, 2.75) is 27.2 Å². The second kappa shape index (κ2) is 3.24. The van der Waals surface area contributed by atoms with E-state index in [-0.39, 0.29) is 5.91 Å². The Balaban J connectivity index is 2.49. The summed E-state index contributed by atoms with van der Waals surface area (Å²) in [5.74, 6) is 1.59. The van der Waals surface area contributed by atoms with Gasteiger partial charge < -0.3 is 4.90 Å². The lowest BCUT2D eigenvalue weighted by Crippen LogP contribution is -2.41.